The first-order chi connectivity index (χ1) is 11.8. The Labute approximate surface area is 141 Å². The fourth-order valence-electron chi connectivity index (χ4n) is 2.90. The average Bonchev–Trinajstić information content (AvgIpc) is 2.67. The highest BCUT2D eigenvalue weighted by molar-refractivity contribution is 5.79. The Balaban J connectivity index is 1.54. The Morgan fingerprint density at radius 1 is 1.29 bits per heavy atom. The molecular weight excluding hydrogens is 304 g/mol. The molecule has 1 aromatic heterocycles. The lowest BCUT2D eigenvalue weighted by Crippen LogP contribution is -2.43. The summed E-state index contributed by atoms with van der Waals surface area (Å²) in [5, 5.41) is 3.03. The van der Waals surface area contributed by atoms with Gasteiger partial charge in [0, 0.05) is 32.0 Å². The molecule has 1 aliphatic rings. The van der Waals surface area contributed by atoms with Crippen molar-refractivity contribution in [3.63, 3.8) is 0 Å². The molecule has 1 amide bonds. The van der Waals surface area contributed by atoms with E-state index in [1.807, 2.05) is 24.3 Å². The van der Waals surface area contributed by atoms with Gasteiger partial charge in [0.1, 0.15) is 5.75 Å². The van der Waals surface area contributed by atoms with E-state index in [-0.39, 0.29) is 11.8 Å². The van der Waals surface area contributed by atoms with Gasteiger partial charge in [-0.25, -0.2) is 9.97 Å². The lowest BCUT2D eigenvalue weighted by atomic mass is 9.97. The van der Waals surface area contributed by atoms with Crippen molar-refractivity contribution in [1.29, 1.82) is 0 Å². The van der Waals surface area contributed by atoms with E-state index >= 15 is 0 Å². The second kappa shape index (κ2) is 7.77. The molecule has 24 heavy (non-hydrogen) atoms. The number of carbonyl (C=O) groups excluding carboxylic acids is 1. The number of anilines is 1. The number of nitrogens with one attached hydrogen (secondary N) is 1. The summed E-state index contributed by atoms with van der Waals surface area (Å²) in [6.07, 6.45) is 5.34. The van der Waals surface area contributed by atoms with Gasteiger partial charge in [-0.15, -0.1) is 0 Å². The van der Waals surface area contributed by atoms with Gasteiger partial charge in [-0.2, -0.15) is 0 Å². The van der Waals surface area contributed by atoms with Crippen LogP contribution in [0.1, 0.15) is 18.4 Å². The number of benzene rings is 1. The summed E-state index contributed by atoms with van der Waals surface area (Å²) in [7, 11) is 1.64. The van der Waals surface area contributed by atoms with Crippen molar-refractivity contribution in [2.75, 3.05) is 25.1 Å². The van der Waals surface area contributed by atoms with Gasteiger partial charge >= 0.3 is 0 Å². The summed E-state index contributed by atoms with van der Waals surface area (Å²) in [6, 6.07) is 9.52. The van der Waals surface area contributed by atoms with Crippen LogP contribution in [-0.2, 0) is 11.3 Å². The van der Waals surface area contributed by atoms with E-state index in [0.717, 1.165) is 30.7 Å². The fourth-order valence-corrected chi connectivity index (χ4v) is 2.90. The van der Waals surface area contributed by atoms with E-state index in [4.69, 9.17) is 4.74 Å². The molecule has 1 aromatic carbocycles. The zero-order valence-electron chi connectivity index (χ0n) is 13.8. The quantitative estimate of drug-likeness (QED) is 0.910. The van der Waals surface area contributed by atoms with Gasteiger partial charge < -0.3 is 15.0 Å². The first kappa shape index (κ1) is 16.2. The molecule has 6 heteroatoms. The molecule has 1 atom stereocenters. The Kier molecular flexibility index (Phi) is 5.25. The summed E-state index contributed by atoms with van der Waals surface area (Å²) >= 11 is 0. The van der Waals surface area contributed by atoms with Crippen molar-refractivity contribution in [2.24, 2.45) is 5.92 Å². The van der Waals surface area contributed by atoms with Crippen molar-refractivity contribution < 1.29 is 9.53 Å². The maximum atomic E-state index is 12.5. The molecule has 2 aromatic rings. The second-order valence-corrected chi connectivity index (χ2v) is 5.90. The minimum Gasteiger partial charge on any atom is -0.497 e. The fraction of sp³-hybridized carbons (Fsp3) is 0.389. The van der Waals surface area contributed by atoms with E-state index in [1.165, 1.54) is 0 Å². The number of hydrogen-bond acceptors (Lipinski definition) is 5. The number of piperidine rings is 1. The van der Waals surface area contributed by atoms with Crippen LogP contribution in [0.5, 0.6) is 5.75 Å². The molecule has 1 aliphatic heterocycles. The monoisotopic (exact) mass is 326 g/mol. The highest BCUT2D eigenvalue weighted by Crippen LogP contribution is 2.20. The van der Waals surface area contributed by atoms with Crippen molar-refractivity contribution in [1.82, 2.24) is 15.3 Å². The lowest BCUT2D eigenvalue weighted by Gasteiger charge is -2.31. The Morgan fingerprint density at radius 2 is 2.04 bits per heavy atom. The normalized spacial score (nSPS) is 17.4. The van der Waals surface area contributed by atoms with Gasteiger partial charge in [-0.3, -0.25) is 4.79 Å². The van der Waals surface area contributed by atoms with E-state index < -0.39 is 0 Å². The zero-order valence-corrected chi connectivity index (χ0v) is 13.8. The summed E-state index contributed by atoms with van der Waals surface area (Å²) in [5.74, 6) is 1.58. The number of ether oxygens (including phenoxy) is 1. The van der Waals surface area contributed by atoms with Crippen molar-refractivity contribution in [2.45, 2.75) is 19.4 Å². The SMILES string of the molecule is COc1ccc(CNC(=O)C2CCCN(c3ncccn3)C2)cc1. The maximum absolute atomic E-state index is 12.5. The van der Waals surface area contributed by atoms with Gasteiger partial charge in [-0.05, 0) is 36.6 Å². The Bertz CT molecular complexity index is 660. The molecule has 0 bridgehead atoms. The van der Waals surface area contributed by atoms with Crippen LogP contribution in [0.25, 0.3) is 0 Å². The van der Waals surface area contributed by atoms with Gasteiger partial charge in [0.05, 0.1) is 13.0 Å². The smallest absolute Gasteiger partial charge is 0.225 e. The van der Waals surface area contributed by atoms with Crippen LogP contribution in [0, 0.1) is 5.92 Å². The van der Waals surface area contributed by atoms with Crippen LogP contribution < -0.4 is 15.0 Å². The summed E-state index contributed by atoms with van der Waals surface area (Å²) in [4.78, 5) is 23.1. The number of hydrogen-bond donors (Lipinski definition) is 1. The number of rotatable bonds is 5. The topological polar surface area (TPSA) is 67.3 Å². The molecule has 1 unspecified atom stereocenters. The van der Waals surface area contributed by atoms with E-state index in [0.29, 0.717) is 19.0 Å². The Hall–Kier alpha value is -2.63. The third-order valence-electron chi connectivity index (χ3n) is 4.25. The third kappa shape index (κ3) is 4.01. The minimum absolute atomic E-state index is 0.0270. The molecule has 1 fully saturated rings. The number of aromatic nitrogens is 2. The van der Waals surface area contributed by atoms with Crippen molar-refractivity contribution in [3.05, 3.63) is 48.3 Å². The van der Waals surface area contributed by atoms with E-state index in [1.54, 1.807) is 25.6 Å². The molecular formula is C18H22N4O2. The number of methoxy groups -OCH3 is 1. The maximum Gasteiger partial charge on any atom is 0.225 e. The van der Waals surface area contributed by atoms with Crippen LogP contribution in [-0.4, -0.2) is 36.1 Å². The van der Waals surface area contributed by atoms with Crippen LogP contribution in [0.3, 0.4) is 0 Å². The molecule has 126 valence electrons. The number of amides is 1. The summed E-state index contributed by atoms with van der Waals surface area (Å²) in [6.45, 7) is 2.09. The van der Waals surface area contributed by atoms with Gasteiger partial charge in [0.25, 0.3) is 0 Å². The first-order valence-electron chi connectivity index (χ1n) is 8.19. The second-order valence-electron chi connectivity index (χ2n) is 5.90. The van der Waals surface area contributed by atoms with Crippen LogP contribution >= 0.6 is 0 Å². The largest absolute Gasteiger partial charge is 0.497 e. The predicted octanol–water partition coefficient (Wildman–Crippen LogP) is 2.02. The molecule has 3 rings (SSSR count). The predicted molar refractivity (Wildman–Crippen MR) is 91.8 cm³/mol. The molecule has 0 spiro atoms. The summed E-state index contributed by atoms with van der Waals surface area (Å²) < 4.78 is 5.14. The minimum atomic E-state index is -0.0270. The standard InChI is InChI=1S/C18H22N4O2/c1-24-16-7-5-14(6-8-16)12-21-17(23)15-4-2-11-22(13-15)18-19-9-3-10-20-18/h3,5-10,15H,2,4,11-13H2,1H3,(H,21,23). The van der Waals surface area contributed by atoms with E-state index in [2.05, 4.69) is 20.2 Å². The first-order valence-corrected chi connectivity index (χ1v) is 8.19. The van der Waals surface area contributed by atoms with Gasteiger partial charge in [0.2, 0.25) is 11.9 Å². The highest BCUT2D eigenvalue weighted by Gasteiger charge is 2.26. The highest BCUT2D eigenvalue weighted by atomic mass is 16.5. The van der Waals surface area contributed by atoms with Crippen molar-refractivity contribution in [3.8, 4) is 5.75 Å². The number of carbonyl (C=O) groups is 1. The molecule has 0 radical (unpaired) electrons. The molecule has 2 heterocycles. The van der Waals surface area contributed by atoms with E-state index in [9.17, 15) is 4.79 Å². The Morgan fingerprint density at radius 3 is 2.75 bits per heavy atom. The molecule has 1 saturated heterocycles. The van der Waals surface area contributed by atoms with Crippen molar-refractivity contribution >= 4 is 11.9 Å². The molecule has 0 saturated carbocycles. The average molecular weight is 326 g/mol. The third-order valence-corrected chi connectivity index (χ3v) is 4.25. The molecule has 6 nitrogen and oxygen atoms in total. The van der Waals surface area contributed by atoms with Crippen LogP contribution in [0.4, 0.5) is 5.95 Å². The summed E-state index contributed by atoms with van der Waals surface area (Å²) in [5.41, 5.74) is 1.06. The number of nitrogens with zero attached hydrogens (tertiary/aromatic N) is 3. The molecule has 0 aliphatic carbocycles. The lowest BCUT2D eigenvalue weighted by molar-refractivity contribution is -0.125. The van der Waals surface area contributed by atoms with Gasteiger partial charge in [-0.1, -0.05) is 12.1 Å². The van der Waals surface area contributed by atoms with Crippen LogP contribution in [0.2, 0.25) is 0 Å². The molecule has 1 N–H and O–H groups in total. The van der Waals surface area contributed by atoms with Crippen LogP contribution in [0.15, 0.2) is 42.7 Å². The van der Waals surface area contributed by atoms with Gasteiger partial charge in [0.15, 0.2) is 0 Å². The zero-order chi connectivity index (χ0) is 16.8.